The molecule has 2 amide bonds. The Balaban J connectivity index is 1.73. The van der Waals surface area contributed by atoms with E-state index in [9.17, 15) is 27.9 Å². The molecule has 0 saturated carbocycles. The number of carbonyl (C=O) groups excluding carboxylic acids is 2. The maximum absolute atomic E-state index is 13.4. The molecule has 0 aliphatic carbocycles. The average molecular weight is 451 g/mol. The number of hydrogen-bond acceptors (Lipinski definition) is 6. The third-order valence-corrected chi connectivity index (χ3v) is 6.46. The Morgan fingerprint density at radius 3 is 2.12 bits per heavy atom. The number of imide groups is 1. The number of fused-ring (bicyclic) bond motifs is 5. The number of nitrogens with zero attached hydrogens (tertiary/aromatic N) is 3. The van der Waals surface area contributed by atoms with E-state index >= 15 is 0 Å². The number of ether oxygens (including phenoxy) is 1. The summed E-state index contributed by atoms with van der Waals surface area (Å²) in [6.07, 6.45) is -4.81. The molecular weight excluding hydrogens is 427 g/mol. The molecule has 3 aliphatic heterocycles. The van der Waals surface area contributed by atoms with Crippen LogP contribution < -0.4 is 4.90 Å². The van der Waals surface area contributed by atoms with Gasteiger partial charge in [-0.05, 0) is 45.9 Å². The number of amides is 2. The van der Waals surface area contributed by atoms with Crippen LogP contribution in [0, 0.1) is 23.2 Å². The zero-order valence-electron chi connectivity index (χ0n) is 18.2. The molecule has 3 aliphatic rings. The van der Waals surface area contributed by atoms with E-state index in [0.717, 1.165) is 11.0 Å². The van der Waals surface area contributed by atoms with Crippen LogP contribution in [0.3, 0.4) is 0 Å². The van der Waals surface area contributed by atoms with Gasteiger partial charge >= 0.3 is 6.18 Å². The summed E-state index contributed by atoms with van der Waals surface area (Å²) < 4.78 is 46.5. The van der Waals surface area contributed by atoms with Gasteiger partial charge in [0.2, 0.25) is 11.8 Å². The van der Waals surface area contributed by atoms with E-state index in [-0.39, 0.29) is 5.69 Å². The number of hydrogen-bond donors (Lipinski definition) is 1. The molecule has 1 aromatic carbocycles. The number of anilines is 1. The molecule has 1 aromatic rings. The summed E-state index contributed by atoms with van der Waals surface area (Å²) >= 11 is 0. The predicted molar refractivity (Wildman–Crippen MR) is 106 cm³/mol. The zero-order chi connectivity index (χ0) is 23.9. The van der Waals surface area contributed by atoms with Gasteiger partial charge in [0.05, 0.1) is 51.5 Å². The predicted octanol–water partition coefficient (Wildman–Crippen LogP) is 2.32. The second kappa shape index (κ2) is 6.76. The molecule has 3 heterocycles. The van der Waals surface area contributed by atoms with Crippen molar-refractivity contribution in [2.24, 2.45) is 11.8 Å². The van der Waals surface area contributed by atoms with Gasteiger partial charge in [0, 0.05) is 19.6 Å². The number of aliphatic hydroxyl groups is 1. The summed E-state index contributed by atoms with van der Waals surface area (Å²) in [4.78, 5) is 29.6. The van der Waals surface area contributed by atoms with Gasteiger partial charge in [-0.15, -0.1) is 0 Å². The summed E-state index contributed by atoms with van der Waals surface area (Å²) in [7, 11) is 0. The first-order valence-corrected chi connectivity index (χ1v) is 10.2. The minimum absolute atomic E-state index is 0.209. The SMILES string of the molecule is CC(C)(O)CN1CC2(C)OC(C)(C1)C1C(=O)N(c3ccc(C#N)c(C(F)(F)F)c3)C(=O)C12. The smallest absolute Gasteiger partial charge is 0.389 e. The van der Waals surface area contributed by atoms with Crippen molar-refractivity contribution in [2.45, 2.75) is 50.7 Å². The average Bonchev–Trinajstić information content (AvgIpc) is 2.99. The van der Waals surface area contributed by atoms with Crippen LogP contribution in [-0.4, -0.2) is 58.3 Å². The third-order valence-electron chi connectivity index (χ3n) is 6.46. The van der Waals surface area contributed by atoms with Crippen LogP contribution in [0.25, 0.3) is 0 Å². The second-order valence-corrected chi connectivity index (χ2v) is 9.99. The van der Waals surface area contributed by atoms with Crippen molar-refractivity contribution in [3.63, 3.8) is 0 Å². The number of carbonyl (C=O) groups is 2. The van der Waals surface area contributed by atoms with Crippen LogP contribution in [0.4, 0.5) is 18.9 Å². The van der Waals surface area contributed by atoms with Crippen LogP contribution in [-0.2, 0) is 20.5 Å². The molecule has 172 valence electrons. The van der Waals surface area contributed by atoms with E-state index in [0.29, 0.717) is 25.7 Å². The Hall–Kier alpha value is -2.48. The number of halogens is 3. The van der Waals surface area contributed by atoms with Crippen molar-refractivity contribution < 1.29 is 32.6 Å². The lowest BCUT2D eigenvalue weighted by atomic mass is 9.79. The summed E-state index contributed by atoms with van der Waals surface area (Å²) in [5.74, 6) is -2.96. The molecule has 0 aromatic heterocycles. The third kappa shape index (κ3) is 3.39. The number of β-amino-alcohol motifs (C(OH)–C–C–N with tert-alkyl or cyclic N) is 1. The fourth-order valence-electron chi connectivity index (χ4n) is 5.68. The van der Waals surface area contributed by atoms with Gasteiger partial charge in [-0.1, -0.05) is 0 Å². The molecular formula is C22H24F3N3O4. The fourth-order valence-corrected chi connectivity index (χ4v) is 5.68. The standard InChI is InChI=1S/C22H24F3N3O4/c1-19(2,31)9-27-10-20(3)15-16(21(4,11-27)32-20)18(30)28(17(15)29)13-6-5-12(8-26)14(7-13)22(23,24)25/h5-7,15-16,31H,9-11H2,1-4H3. The molecule has 3 saturated heterocycles. The number of morpholine rings is 1. The Labute approximate surface area is 183 Å². The molecule has 0 spiro atoms. The summed E-state index contributed by atoms with van der Waals surface area (Å²) in [6.45, 7) is 7.68. The fraction of sp³-hybridized carbons (Fsp3) is 0.591. The highest BCUT2D eigenvalue weighted by Gasteiger charge is 2.71. The van der Waals surface area contributed by atoms with Crippen molar-refractivity contribution >= 4 is 17.5 Å². The van der Waals surface area contributed by atoms with E-state index < -0.39 is 57.8 Å². The number of benzene rings is 1. The van der Waals surface area contributed by atoms with Gasteiger partial charge in [0.15, 0.2) is 0 Å². The molecule has 4 unspecified atom stereocenters. The van der Waals surface area contributed by atoms with Gasteiger partial charge in [-0.2, -0.15) is 18.4 Å². The van der Waals surface area contributed by atoms with E-state index in [1.807, 2.05) is 4.90 Å². The zero-order valence-corrected chi connectivity index (χ0v) is 18.2. The topological polar surface area (TPSA) is 93.9 Å². The van der Waals surface area contributed by atoms with Crippen LogP contribution in [0.5, 0.6) is 0 Å². The quantitative estimate of drug-likeness (QED) is 0.709. The summed E-state index contributed by atoms with van der Waals surface area (Å²) in [5, 5.41) is 19.2. The lowest BCUT2D eigenvalue weighted by Crippen LogP contribution is -2.60. The normalized spacial score (nSPS) is 32.9. The maximum Gasteiger partial charge on any atom is 0.417 e. The van der Waals surface area contributed by atoms with Gasteiger partial charge < -0.3 is 9.84 Å². The van der Waals surface area contributed by atoms with Crippen molar-refractivity contribution in [2.75, 3.05) is 24.5 Å². The second-order valence-electron chi connectivity index (χ2n) is 9.99. The highest BCUT2D eigenvalue weighted by atomic mass is 19.4. The number of nitriles is 1. The first-order valence-electron chi connectivity index (χ1n) is 10.2. The first kappa shape index (κ1) is 22.7. The highest BCUT2D eigenvalue weighted by molar-refractivity contribution is 6.23. The molecule has 32 heavy (non-hydrogen) atoms. The molecule has 4 atom stereocenters. The maximum atomic E-state index is 13.4. The lowest BCUT2D eigenvalue weighted by Gasteiger charge is -2.46. The molecule has 3 fully saturated rings. The minimum Gasteiger partial charge on any atom is -0.389 e. The first-order chi connectivity index (χ1) is 14.6. The Kier molecular flexibility index (Phi) is 4.80. The summed E-state index contributed by atoms with van der Waals surface area (Å²) in [6, 6.07) is 4.33. The highest BCUT2D eigenvalue weighted by Crippen LogP contribution is 2.55. The van der Waals surface area contributed by atoms with E-state index in [2.05, 4.69) is 0 Å². The van der Waals surface area contributed by atoms with Gasteiger partial charge in [0.1, 0.15) is 0 Å². The Morgan fingerprint density at radius 2 is 1.69 bits per heavy atom. The van der Waals surface area contributed by atoms with Crippen molar-refractivity contribution in [3.05, 3.63) is 29.3 Å². The monoisotopic (exact) mass is 451 g/mol. The minimum atomic E-state index is -4.81. The van der Waals surface area contributed by atoms with Crippen molar-refractivity contribution in [3.8, 4) is 6.07 Å². The molecule has 4 rings (SSSR count). The van der Waals surface area contributed by atoms with Gasteiger partial charge in [-0.3, -0.25) is 14.5 Å². The van der Waals surface area contributed by atoms with Crippen LogP contribution in [0.1, 0.15) is 38.8 Å². The number of alkyl halides is 3. The number of rotatable bonds is 3. The molecule has 0 radical (unpaired) electrons. The lowest BCUT2D eigenvalue weighted by molar-refractivity contribution is -0.175. The van der Waals surface area contributed by atoms with Crippen molar-refractivity contribution in [1.29, 1.82) is 5.26 Å². The van der Waals surface area contributed by atoms with E-state index in [1.54, 1.807) is 27.7 Å². The molecule has 2 bridgehead atoms. The van der Waals surface area contributed by atoms with Gasteiger partial charge in [0.25, 0.3) is 0 Å². The molecule has 10 heteroatoms. The molecule has 7 nitrogen and oxygen atoms in total. The van der Waals surface area contributed by atoms with Gasteiger partial charge in [-0.25, -0.2) is 4.90 Å². The molecule has 1 N–H and O–H groups in total. The van der Waals surface area contributed by atoms with Crippen LogP contribution in [0.2, 0.25) is 0 Å². The number of likely N-dealkylation sites (tertiary alicyclic amines) is 1. The largest absolute Gasteiger partial charge is 0.417 e. The van der Waals surface area contributed by atoms with Crippen LogP contribution in [0.15, 0.2) is 18.2 Å². The van der Waals surface area contributed by atoms with Crippen LogP contribution >= 0.6 is 0 Å². The Bertz CT molecular complexity index is 1010. The van der Waals surface area contributed by atoms with Crippen molar-refractivity contribution in [1.82, 2.24) is 4.90 Å². The summed E-state index contributed by atoms with van der Waals surface area (Å²) in [5.41, 5.74) is -5.05. The van der Waals surface area contributed by atoms with E-state index in [4.69, 9.17) is 10.00 Å². The van der Waals surface area contributed by atoms with E-state index in [1.165, 1.54) is 12.1 Å². The Morgan fingerprint density at radius 1 is 1.16 bits per heavy atom.